The van der Waals surface area contributed by atoms with E-state index < -0.39 is 0 Å². The number of anilines is 1. The van der Waals surface area contributed by atoms with Crippen molar-refractivity contribution >= 4 is 27.8 Å². The Morgan fingerprint density at radius 2 is 1.82 bits per heavy atom. The second-order valence-electron chi connectivity index (χ2n) is 9.91. The number of fused-ring (bicyclic) bond motifs is 2. The molecule has 0 saturated carbocycles. The molecule has 1 saturated heterocycles. The average Bonchev–Trinajstić information content (AvgIpc) is 3.61. The van der Waals surface area contributed by atoms with Gasteiger partial charge in [0.1, 0.15) is 29.2 Å². The number of piperazine rings is 1. The molecule has 0 bridgehead atoms. The summed E-state index contributed by atoms with van der Waals surface area (Å²) >= 11 is 0. The molecule has 0 unspecified atom stereocenters. The summed E-state index contributed by atoms with van der Waals surface area (Å²) in [6.07, 6.45) is 5.40. The summed E-state index contributed by atoms with van der Waals surface area (Å²) < 4.78 is 5.99. The molecule has 0 spiro atoms. The lowest BCUT2D eigenvalue weighted by molar-refractivity contribution is 0.305. The second kappa shape index (κ2) is 9.85. The molecule has 0 atom stereocenters. The highest BCUT2D eigenvalue weighted by Crippen LogP contribution is 2.33. The van der Waals surface area contributed by atoms with E-state index in [1.807, 2.05) is 54.7 Å². The predicted molar refractivity (Wildman–Crippen MR) is 153 cm³/mol. The van der Waals surface area contributed by atoms with Crippen molar-refractivity contribution in [3.05, 3.63) is 84.8 Å². The van der Waals surface area contributed by atoms with Gasteiger partial charge in [-0.15, -0.1) is 0 Å². The molecular formula is C30H28N8O. The maximum Gasteiger partial charge on any atom is 0.139 e. The molecule has 1 aliphatic rings. The Morgan fingerprint density at radius 3 is 2.69 bits per heavy atom. The summed E-state index contributed by atoms with van der Waals surface area (Å²) in [6.45, 7) is 4.56. The minimum absolute atomic E-state index is 0.481. The van der Waals surface area contributed by atoms with E-state index in [4.69, 9.17) is 9.72 Å². The van der Waals surface area contributed by atoms with E-state index in [1.54, 1.807) is 12.4 Å². The summed E-state index contributed by atoms with van der Waals surface area (Å²) in [4.78, 5) is 22.3. The van der Waals surface area contributed by atoms with Gasteiger partial charge in [0.15, 0.2) is 0 Å². The third-order valence-corrected chi connectivity index (χ3v) is 7.27. The van der Waals surface area contributed by atoms with E-state index in [1.165, 1.54) is 5.69 Å². The molecule has 7 rings (SSSR count). The van der Waals surface area contributed by atoms with Gasteiger partial charge in [0.05, 0.1) is 23.1 Å². The van der Waals surface area contributed by atoms with Crippen LogP contribution in [0.4, 0.5) is 5.69 Å². The van der Waals surface area contributed by atoms with Crippen LogP contribution < -0.4 is 9.64 Å². The van der Waals surface area contributed by atoms with E-state index in [0.717, 1.165) is 76.5 Å². The number of benzene rings is 1. The average molecular weight is 517 g/mol. The van der Waals surface area contributed by atoms with Crippen LogP contribution in [0.2, 0.25) is 0 Å². The Hall–Kier alpha value is -4.76. The first kappa shape index (κ1) is 23.4. The van der Waals surface area contributed by atoms with Crippen molar-refractivity contribution in [2.75, 3.05) is 38.1 Å². The minimum Gasteiger partial charge on any atom is -0.487 e. The van der Waals surface area contributed by atoms with Gasteiger partial charge in [-0.2, -0.15) is 5.10 Å². The molecule has 5 aromatic heterocycles. The molecule has 39 heavy (non-hydrogen) atoms. The highest BCUT2D eigenvalue weighted by molar-refractivity contribution is 5.97. The van der Waals surface area contributed by atoms with Crippen LogP contribution in [0, 0.1) is 0 Å². The van der Waals surface area contributed by atoms with Crippen LogP contribution in [0.15, 0.2) is 79.3 Å². The fourth-order valence-corrected chi connectivity index (χ4v) is 5.09. The van der Waals surface area contributed by atoms with Gasteiger partial charge in [-0.3, -0.25) is 10.1 Å². The summed E-state index contributed by atoms with van der Waals surface area (Å²) in [5.74, 6) is 0.698. The lowest BCUT2D eigenvalue weighted by atomic mass is 10.1. The highest BCUT2D eigenvalue weighted by atomic mass is 16.5. The maximum absolute atomic E-state index is 5.99. The van der Waals surface area contributed by atoms with E-state index in [-0.39, 0.29) is 0 Å². The van der Waals surface area contributed by atoms with Gasteiger partial charge >= 0.3 is 0 Å². The summed E-state index contributed by atoms with van der Waals surface area (Å²) in [5.41, 5.74) is 8.13. The van der Waals surface area contributed by atoms with Crippen LogP contribution in [-0.4, -0.2) is 68.3 Å². The van der Waals surface area contributed by atoms with Crippen molar-refractivity contribution in [2.45, 2.75) is 6.61 Å². The van der Waals surface area contributed by atoms with Crippen LogP contribution in [0.5, 0.6) is 5.75 Å². The molecule has 1 aromatic carbocycles. The van der Waals surface area contributed by atoms with Crippen molar-refractivity contribution in [1.82, 2.24) is 35.0 Å². The highest BCUT2D eigenvalue weighted by Gasteiger charge is 2.20. The third kappa shape index (κ3) is 4.57. The van der Waals surface area contributed by atoms with Crippen LogP contribution in [0.3, 0.4) is 0 Å². The molecule has 1 aliphatic heterocycles. The normalized spacial score (nSPS) is 14.3. The Balaban J connectivity index is 1.20. The molecular weight excluding hydrogens is 488 g/mol. The molecule has 9 heteroatoms. The molecule has 6 aromatic rings. The first-order chi connectivity index (χ1) is 19.2. The monoisotopic (exact) mass is 516 g/mol. The number of ether oxygens (including phenoxy) is 1. The van der Waals surface area contributed by atoms with Gasteiger partial charge in [-0.05, 0) is 42.9 Å². The Kier molecular flexibility index (Phi) is 5.90. The number of likely N-dealkylation sites (N-methyl/N-ethyl adjacent to an activating group) is 1. The minimum atomic E-state index is 0.481. The van der Waals surface area contributed by atoms with Crippen molar-refractivity contribution in [3.63, 3.8) is 0 Å². The fraction of sp³-hybridized carbons (Fsp3) is 0.200. The first-order valence-electron chi connectivity index (χ1n) is 13.1. The standard InChI is InChI=1S/C30H28N8O/c1-37-11-13-38(14-12-37)27-9-10-32-30-23(27)16-26(34-30)29-28-25(35-36-29)8-7-24(33-28)21-15-22(18-31-17-21)39-19-20-5-3-2-4-6-20/h2-10,15-18H,11-14,19H2,1H3,(H,32,34)(H,35,36). The van der Waals surface area contributed by atoms with Crippen LogP contribution in [0.25, 0.3) is 44.7 Å². The summed E-state index contributed by atoms with van der Waals surface area (Å²) in [7, 11) is 2.17. The van der Waals surface area contributed by atoms with Crippen LogP contribution >= 0.6 is 0 Å². The lowest BCUT2D eigenvalue weighted by Crippen LogP contribution is -2.44. The van der Waals surface area contributed by atoms with E-state index in [0.29, 0.717) is 12.4 Å². The topological polar surface area (TPSA) is 98.8 Å². The number of aromatic amines is 2. The van der Waals surface area contributed by atoms with Gasteiger partial charge in [0, 0.05) is 55.2 Å². The SMILES string of the molecule is CN1CCN(c2ccnc3[nH]c(-c4n[nH]c5ccc(-c6cncc(OCc7ccccc7)c6)nc45)cc23)CC1. The number of aromatic nitrogens is 6. The zero-order valence-electron chi connectivity index (χ0n) is 21.6. The van der Waals surface area contributed by atoms with Gasteiger partial charge in [-0.25, -0.2) is 9.97 Å². The van der Waals surface area contributed by atoms with E-state index in [9.17, 15) is 0 Å². The molecule has 0 radical (unpaired) electrons. The molecule has 1 fully saturated rings. The van der Waals surface area contributed by atoms with Gasteiger partial charge in [-0.1, -0.05) is 30.3 Å². The first-order valence-corrected chi connectivity index (χ1v) is 13.1. The smallest absolute Gasteiger partial charge is 0.139 e. The van der Waals surface area contributed by atoms with Gasteiger partial charge in [0.25, 0.3) is 0 Å². The molecule has 0 amide bonds. The summed E-state index contributed by atoms with van der Waals surface area (Å²) in [6, 6.07) is 20.3. The molecule has 6 heterocycles. The van der Waals surface area contributed by atoms with E-state index in [2.05, 4.69) is 54.1 Å². The largest absolute Gasteiger partial charge is 0.487 e. The van der Waals surface area contributed by atoms with Crippen molar-refractivity contribution in [2.24, 2.45) is 0 Å². The molecule has 194 valence electrons. The van der Waals surface area contributed by atoms with Crippen molar-refractivity contribution in [1.29, 1.82) is 0 Å². The molecule has 9 nitrogen and oxygen atoms in total. The zero-order valence-corrected chi connectivity index (χ0v) is 21.6. The second-order valence-corrected chi connectivity index (χ2v) is 9.91. The van der Waals surface area contributed by atoms with Crippen molar-refractivity contribution < 1.29 is 4.74 Å². The molecule has 0 aliphatic carbocycles. The van der Waals surface area contributed by atoms with Crippen LogP contribution in [0.1, 0.15) is 5.56 Å². The quantitative estimate of drug-likeness (QED) is 0.325. The Bertz CT molecular complexity index is 1750. The van der Waals surface area contributed by atoms with Crippen molar-refractivity contribution in [3.8, 4) is 28.4 Å². The number of rotatable bonds is 6. The fourth-order valence-electron chi connectivity index (χ4n) is 5.09. The predicted octanol–water partition coefficient (Wildman–Crippen LogP) is 4.89. The van der Waals surface area contributed by atoms with Gasteiger partial charge in [0.2, 0.25) is 0 Å². The van der Waals surface area contributed by atoms with Crippen LogP contribution in [-0.2, 0) is 6.61 Å². The number of H-pyrrole nitrogens is 2. The Morgan fingerprint density at radius 1 is 0.949 bits per heavy atom. The number of hydrogen-bond donors (Lipinski definition) is 2. The zero-order chi connectivity index (χ0) is 26.2. The number of pyridine rings is 3. The number of hydrogen-bond acceptors (Lipinski definition) is 7. The summed E-state index contributed by atoms with van der Waals surface area (Å²) in [5, 5.41) is 8.85. The third-order valence-electron chi connectivity index (χ3n) is 7.27. The number of nitrogens with zero attached hydrogens (tertiary/aromatic N) is 6. The molecule has 2 N–H and O–H groups in total. The van der Waals surface area contributed by atoms with Gasteiger partial charge < -0.3 is 19.5 Å². The maximum atomic E-state index is 5.99. The van der Waals surface area contributed by atoms with E-state index >= 15 is 0 Å². The Labute approximate surface area is 225 Å². The number of nitrogens with one attached hydrogen (secondary N) is 2. The lowest BCUT2D eigenvalue weighted by Gasteiger charge is -2.34.